The largest absolute Gasteiger partial charge is 0.399 e. The average molecular weight is 294 g/mol. The number of carbonyl (C=O) groups is 2. The molecular formula is C14H19FN4O2. The Morgan fingerprint density at radius 2 is 2.19 bits per heavy atom. The number of nitrogen functional groups attached to an aromatic ring is 1. The molecule has 1 unspecified atom stereocenters. The first kappa shape index (κ1) is 15.1. The molecule has 0 bridgehead atoms. The Hall–Kier alpha value is -2.31. The molecule has 1 aromatic carbocycles. The van der Waals surface area contributed by atoms with E-state index in [9.17, 15) is 14.0 Å². The number of primary amides is 1. The lowest BCUT2D eigenvalue weighted by Gasteiger charge is -2.33. The minimum atomic E-state index is -0.583. The number of rotatable bonds is 3. The first-order valence-corrected chi connectivity index (χ1v) is 6.85. The van der Waals surface area contributed by atoms with Gasteiger partial charge in [0.15, 0.2) is 0 Å². The molecule has 1 fully saturated rings. The topological polar surface area (TPSA) is 101 Å². The Kier molecular flexibility index (Phi) is 4.62. The summed E-state index contributed by atoms with van der Waals surface area (Å²) in [6, 6.07) is 3.38. The summed E-state index contributed by atoms with van der Waals surface area (Å²) in [6.07, 6.45) is 1.70. The van der Waals surface area contributed by atoms with Crippen LogP contribution in [-0.2, 0) is 0 Å². The van der Waals surface area contributed by atoms with Gasteiger partial charge in [-0.3, -0.25) is 4.79 Å². The van der Waals surface area contributed by atoms with E-state index in [0.717, 1.165) is 12.8 Å². The summed E-state index contributed by atoms with van der Waals surface area (Å²) < 4.78 is 13.7. The highest BCUT2D eigenvalue weighted by Gasteiger charge is 2.26. The third-order valence-electron chi connectivity index (χ3n) is 3.59. The van der Waals surface area contributed by atoms with Gasteiger partial charge >= 0.3 is 6.03 Å². The summed E-state index contributed by atoms with van der Waals surface area (Å²) in [4.78, 5) is 24.7. The lowest BCUT2D eigenvalue weighted by atomic mass is 9.97. The molecule has 0 aromatic heterocycles. The van der Waals surface area contributed by atoms with Crippen LogP contribution in [0.25, 0.3) is 0 Å². The number of nitrogens with two attached hydrogens (primary N) is 2. The van der Waals surface area contributed by atoms with Crippen molar-refractivity contribution in [3.63, 3.8) is 0 Å². The molecule has 0 spiro atoms. The predicted molar refractivity (Wildman–Crippen MR) is 77.0 cm³/mol. The number of anilines is 1. The zero-order valence-corrected chi connectivity index (χ0v) is 11.6. The molecule has 1 heterocycles. The van der Waals surface area contributed by atoms with E-state index in [1.165, 1.54) is 18.2 Å². The quantitative estimate of drug-likeness (QED) is 0.723. The van der Waals surface area contributed by atoms with Crippen molar-refractivity contribution in [2.24, 2.45) is 11.7 Å². The van der Waals surface area contributed by atoms with Crippen molar-refractivity contribution < 1.29 is 14.0 Å². The van der Waals surface area contributed by atoms with Crippen LogP contribution in [0.5, 0.6) is 0 Å². The molecule has 0 radical (unpaired) electrons. The fourth-order valence-corrected chi connectivity index (χ4v) is 2.54. The van der Waals surface area contributed by atoms with Crippen LogP contribution in [0.3, 0.4) is 0 Å². The maximum Gasteiger partial charge on any atom is 0.312 e. The van der Waals surface area contributed by atoms with Gasteiger partial charge in [0, 0.05) is 25.3 Å². The summed E-state index contributed by atoms with van der Waals surface area (Å²) in [6.45, 7) is 1.45. The fraction of sp³-hybridized carbons (Fsp3) is 0.429. The zero-order valence-electron chi connectivity index (χ0n) is 11.6. The van der Waals surface area contributed by atoms with Crippen molar-refractivity contribution in [1.82, 2.24) is 10.2 Å². The van der Waals surface area contributed by atoms with Gasteiger partial charge in [-0.15, -0.1) is 0 Å². The molecule has 1 aliphatic rings. The summed E-state index contributed by atoms with van der Waals surface area (Å²) >= 11 is 0. The monoisotopic (exact) mass is 294 g/mol. The van der Waals surface area contributed by atoms with Gasteiger partial charge in [0.25, 0.3) is 5.91 Å². The van der Waals surface area contributed by atoms with Crippen LogP contribution in [0, 0.1) is 11.7 Å². The third-order valence-corrected chi connectivity index (χ3v) is 3.59. The molecule has 1 saturated heterocycles. The number of amides is 3. The van der Waals surface area contributed by atoms with E-state index in [-0.39, 0.29) is 17.4 Å². The number of halogens is 1. The molecule has 1 aliphatic heterocycles. The van der Waals surface area contributed by atoms with Gasteiger partial charge in [-0.25, -0.2) is 9.18 Å². The summed E-state index contributed by atoms with van der Waals surface area (Å²) in [7, 11) is 0. The van der Waals surface area contributed by atoms with E-state index in [4.69, 9.17) is 11.5 Å². The number of carbonyl (C=O) groups excluding carboxylic acids is 2. The minimum absolute atomic E-state index is 0.0153. The zero-order chi connectivity index (χ0) is 15.4. The molecular weight excluding hydrogens is 275 g/mol. The van der Waals surface area contributed by atoms with E-state index in [0.29, 0.717) is 25.3 Å². The van der Waals surface area contributed by atoms with E-state index in [1.54, 1.807) is 4.90 Å². The normalized spacial score (nSPS) is 18.3. The number of piperidine rings is 1. The fourth-order valence-electron chi connectivity index (χ4n) is 2.54. The van der Waals surface area contributed by atoms with Crippen molar-refractivity contribution in [3.8, 4) is 0 Å². The van der Waals surface area contributed by atoms with Gasteiger partial charge in [-0.05, 0) is 37.0 Å². The van der Waals surface area contributed by atoms with Gasteiger partial charge in [0.2, 0.25) is 0 Å². The molecule has 21 heavy (non-hydrogen) atoms. The highest BCUT2D eigenvalue weighted by atomic mass is 19.1. The summed E-state index contributed by atoms with van der Waals surface area (Å²) in [5.41, 5.74) is 11.0. The van der Waals surface area contributed by atoms with E-state index < -0.39 is 11.8 Å². The third kappa shape index (κ3) is 3.84. The predicted octanol–water partition coefficient (Wildman–Crippen LogP) is 0.928. The van der Waals surface area contributed by atoms with Gasteiger partial charge < -0.3 is 21.7 Å². The molecule has 0 aliphatic carbocycles. The molecule has 3 amide bonds. The Bertz CT molecular complexity index is 550. The highest BCUT2D eigenvalue weighted by molar-refractivity contribution is 5.95. The van der Waals surface area contributed by atoms with Crippen LogP contribution >= 0.6 is 0 Å². The molecule has 0 saturated carbocycles. The van der Waals surface area contributed by atoms with Crippen molar-refractivity contribution in [3.05, 3.63) is 29.6 Å². The number of urea groups is 1. The first-order valence-electron chi connectivity index (χ1n) is 6.85. The Morgan fingerprint density at radius 3 is 2.90 bits per heavy atom. The van der Waals surface area contributed by atoms with E-state index >= 15 is 0 Å². The molecule has 1 aromatic rings. The van der Waals surface area contributed by atoms with Crippen molar-refractivity contribution in [1.29, 1.82) is 0 Å². The molecule has 5 N–H and O–H groups in total. The standard InChI is InChI=1S/C14H19FN4O2/c15-12-4-3-10(16)6-11(12)13(20)19-5-1-2-9(8-19)7-18-14(17)21/h3-4,6,9H,1-2,5,7-8,16H2,(H3,17,18,21). The smallest absolute Gasteiger partial charge is 0.312 e. The lowest BCUT2D eigenvalue weighted by molar-refractivity contribution is 0.0670. The van der Waals surface area contributed by atoms with Gasteiger partial charge in [-0.1, -0.05) is 0 Å². The second kappa shape index (κ2) is 6.43. The Labute approximate surface area is 122 Å². The van der Waals surface area contributed by atoms with Gasteiger partial charge in [0.1, 0.15) is 5.82 Å². The van der Waals surface area contributed by atoms with Crippen molar-refractivity contribution in [2.75, 3.05) is 25.4 Å². The first-order chi connectivity index (χ1) is 9.97. The number of benzene rings is 1. The SMILES string of the molecule is NC(=O)NCC1CCCN(C(=O)c2cc(N)ccc2F)C1. The summed E-state index contributed by atoms with van der Waals surface area (Å²) in [5, 5.41) is 2.54. The lowest BCUT2D eigenvalue weighted by Crippen LogP contribution is -2.44. The Morgan fingerprint density at radius 1 is 1.43 bits per heavy atom. The number of likely N-dealkylation sites (tertiary alicyclic amines) is 1. The number of nitrogens with zero attached hydrogens (tertiary/aromatic N) is 1. The molecule has 1 atom stereocenters. The van der Waals surface area contributed by atoms with Crippen molar-refractivity contribution in [2.45, 2.75) is 12.8 Å². The molecule has 2 rings (SSSR count). The van der Waals surface area contributed by atoms with Crippen molar-refractivity contribution >= 4 is 17.6 Å². The second-order valence-electron chi connectivity index (χ2n) is 5.24. The van der Waals surface area contributed by atoms with Crippen LogP contribution in [0.15, 0.2) is 18.2 Å². The molecule has 114 valence electrons. The average Bonchev–Trinajstić information content (AvgIpc) is 2.47. The minimum Gasteiger partial charge on any atom is -0.399 e. The van der Waals surface area contributed by atoms with Gasteiger partial charge in [0.05, 0.1) is 5.56 Å². The molecule has 6 nitrogen and oxygen atoms in total. The van der Waals surface area contributed by atoms with Crippen LogP contribution in [-0.4, -0.2) is 36.5 Å². The van der Waals surface area contributed by atoms with Crippen LogP contribution in [0.2, 0.25) is 0 Å². The van der Waals surface area contributed by atoms with Crippen LogP contribution < -0.4 is 16.8 Å². The Balaban J connectivity index is 2.05. The number of nitrogens with one attached hydrogen (secondary N) is 1. The molecule has 7 heteroatoms. The van der Waals surface area contributed by atoms with Crippen LogP contribution in [0.1, 0.15) is 23.2 Å². The number of hydrogen-bond acceptors (Lipinski definition) is 3. The maximum atomic E-state index is 13.7. The van der Waals surface area contributed by atoms with E-state index in [1.807, 2.05) is 0 Å². The van der Waals surface area contributed by atoms with E-state index in [2.05, 4.69) is 5.32 Å². The van der Waals surface area contributed by atoms with Gasteiger partial charge in [-0.2, -0.15) is 0 Å². The van der Waals surface area contributed by atoms with Crippen LogP contribution in [0.4, 0.5) is 14.9 Å². The maximum absolute atomic E-state index is 13.7. The summed E-state index contributed by atoms with van der Waals surface area (Å²) in [5.74, 6) is -0.825. The number of hydrogen-bond donors (Lipinski definition) is 3. The highest BCUT2D eigenvalue weighted by Crippen LogP contribution is 2.20. The second-order valence-corrected chi connectivity index (χ2v) is 5.24.